The third-order valence-electron chi connectivity index (χ3n) is 6.28. The molecule has 5 nitrogen and oxygen atoms in total. The molecule has 1 amide bonds. The predicted molar refractivity (Wildman–Crippen MR) is 104 cm³/mol. The zero-order chi connectivity index (χ0) is 19.8. The minimum atomic E-state index is -0.929. The van der Waals surface area contributed by atoms with Crippen molar-refractivity contribution in [3.8, 4) is 0 Å². The van der Waals surface area contributed by atoms with E-state index in [1.807, 2.05) is 26.0 Å². The minimum Gasteiger partial charge on any atom is -0.478 e. The molecular weight excluding hydrogens is 342 g/mol. The Morgan fingerprint density at radius 1 is 1.22 bits per heavy atom. The summed E-state index contributed by atoms with van der Waals surface area (Å²) in [6.45, 7) is 8.25. The fourth-order valence-corrected chi connectivity index (χ4v) is 4.61. The zero-order valence-corrected chi connectivity index (χ0v) is 16.7. The fourth-order valence-electron chi connectivity index (χ4n) is 4.61. The highest BCUT2D eigenvalue weighted by Gasteiger charge is 2.49. The number of carboxylic acid groups (broad SMARTS) is 1. The molecule has 0 unspecified atom stereocenters. The van der Waals surface area contributed by atoms with Gasteiger partial charge in [-0.2, -0.15) is 0 Å². The molecule has 0 spiro atoms. The van der Waals surface area contributed by atoms with E-state index in [0.29, 0.717) is 18.3 Å². The van der Waals surface area contributed by atoms with Crippen LogP contribution in [-0.4, -0.2) is 28.6 Å². The monoisotopic (exact) mass is 373 g/mol. The summed E-state index contributed by atoms with van der Waals surface area (Å²) in [5.74, 6) is 0.0207. The van der Waals surface area contributed by atoms with Crippen molar-refractivity contribution in [2.24, 2.45) is 17.8 Å². The smallest absolute Gasteiger partial charge is 0.335 e. The average Bonchev–Trinajstić information content (AvgIpc) is 2.60. The molecule has 1 saturated carbocycles. The highest BCUT2D eigenvalue weighted by Crippen LogP contribution is 2.47. The first-order chi connectivity index (χ1) is 12.7. The third kappa shape index (κ3) is 4.18. The number of nitrogens with one attached hydrogen (secondary N) is 1. The van der Waals surface area contributed by atoms with Gasteiger partial charge < -0.3 is 15.2 Å². The highest BCUT2D eigenvalue weighted by atomic mass is 16.5. The lowest BCUT2D eigenvalue weighted by molar-refractivity contribution is -0.155. The van der Waals surface area contributed by atoms with Gasteiger partial charge >= 0.3 is 5.97 Å². The summed E-state index contributed by atoms with van der Waals surface area (Å²) in [5.41, 5.74) is 0.928. The van der Waals surface area contributed by atoms with Crippen LogP contribution in [0.1, 0.15) is 75.4 Å². The van der Waals surface area contributed by atoms with Crippen molar-refractivity contribution >= 4 is 11.9 Å². The van der Waals surface area contributed by atoms with Crippen LogP contribution in [0, 0.1) is 17.8 Å². The van der Waals surface area contributed by atoms with Crippen LogP contribution < -0.4 is 5.32 Å². The highest BCUT2D eigenvalue weighted by molar-refractivity contribution is 5.87. The molecular formula is C22H31NO4. The Morgan fingerprint density at radius 3 is 2.48 bits per heavy atom. The maximum Gasteiger partial charge on any atom is 0.335 e. The van der Waals surface area contributed by atoms with Gasteiger partial charge in [0.2, 0.25) is 5.91 Å². The Labute approximate surface area is 161 Å². The van der Waals surface area contributed by atoms with Gasteiger partial charge in [-0.1, -0.05) is 39.3 Å². The Hall–Kier alpha value is -1.88. The molecule has 1 saturated heterocycles. The summed E-state index contributed by atoms with van der Waals surface area (Å²) >= 11 is 0. The first kappa shape index (κ1) is 19.9. The molecule has 1 aliphatic carbocycles. The van der Waals surface area contributed by atoms with Crippen molar-refractivity contribution < 1.29 is 19.4 Å². The van der Waals surface area contributed by atoms with E-state index in [2.05, 4.69) is 19.2 Å². The number of benzene rings is 1. The number of hydrogen-bond acceptors (Lipinski definition) is 3. The molecule has 2 N–H and O–H groups in total. The first-order valence-corrected chi connectivity index (χ1v) is 10.0. The van der Waals surface area contributed by atoms with Gasteiger partial charge in [0, 0.05) is 23.8 Å². The quantitative estimate of drug-likeness (QED) is 0.830. The molecule has 1 aromatic rings. The molecule has 2 aliphatic rings. The molecule has 0 bridgehead atoms. The molecule has 0 aromatic heterocycles. The Morgan fingerprint density at radius 2 is 1.89 bits per heavy atom. The van der Waals surface area contributed by atoms with Crippen LogP contribution >= 0.6 is 0 Å². The number of rotatable bonds is 4. The number of amides is 1. The fraction of sp³-hybridized carbons (Fsp3) is 0.636. The normalized spacial score (nSPS) is 33.4. The summed E-state index contributed by atoms with van der Waals surface area (Å²) in [6, 6.07) is 6.93. The van der Waals surface area contributed by atoms with Gasteiger partial charge in [-0.3, -0.25) is 4.79 Å². The molecule has 27 heavy (non-hydrogen) atoms. The summed E-state index contributed by atoms with van der Waals surface area (Å²) < 4.78 is 6.49. The van der Waals surface area contributed by atoms with Gasteiger partial charge in [-0.25, -0.2) is 4.79 Å². The van der Waals surface area contributed by atoms with E-state index in [-0.39, 0.29) is 35.1 Å². The van der Waals surface area contributed by atoms with Crippen molar-refractivity contribution in [1.82, 2.24) is 5.32 Å². The number of carbonyl (C=O) groups is 2. The Kier molecular flexibility index (Phi) is 5.61. The lowest BCUT2D eigenvalue weighted by Crippen LogP contribution is -2.61. The lowest BCUT2D eigenvalue weighted by Gasteiger charge is -2.52. The maximum atomic E-state index is 12.5. The molecule has 1 aromatic carbocycles. The third-order valence-corrected chi connectivity index (χ3v) is 6.28. The van der Waals surface area contributed by atoms with E-state index < -0.39 is 5.97 Å². The Balaban J connectivity index is 1.87. The zero-order valence-electron chi connectivity index (χ0n) is 16.7. The van der Waals surface area contributed by atoms with E-state index in [1.165, 1.54) is 0 Å². The minimum absolute atomic E-state index is 0.0565. The van der Waals surface area contributed by atoms with Crippen LogP contribution in [0.15, 0.2) is 24.3 Å². The van der Waals surface area contributed by atoms with Crippen LogP contribution in [-0.2, 0) is 9.53 Å². The molecule has 0 radical (unpaired) electrons. The number of fused-ring (bicyclic) bond motifs is 1. The summed E-state index contributed by atoms with van der Waals surface area (Å²) in [7, 11) is 0. The van der Waals surface area contributed by atoms with E-state index in [0.717, 1.165) is 24.8 Å². The second-order valence-corrected chi connectivity index (χ2v) is 8.88. The number of hydrogen-bond donors (Lipinski definition) is 2. The van der Waals surface area contributed by atoms with Crippen LogP contribution in [0.25, 0.3) is 0 Å². The van der Waals surface area contributed by atoms with Crippen LogP contribution in [0.4, 0.5) is 0 Å². The van der Waals surface area contributed by atoms with Crippen molar-refractivity contribution in [3.63, 3.8) is 0 Å². The van der Waals surface area contributed by atoms with E-state index in [4.69, 9.17) is 9.84 Å². The van der Waals surface area contributed by atoms with Gasteiger partial charge in [-0.15, -0.1) is 0 Å². The molecule has 2 fully saturated rings. The van der Waals surface area contributed by atoms with Gasteiger partial charge in [0.05, 0.1) is 17.8 Å². The molecule has 148 valence electrons. The Bertz CT molecular complexity index is 699. The SMILES string of the molecule is CC(C)C(=O)N[C@]1(C)C[C@H](c2ccc(C(=O)O)cc2)O[C@@H]2C[C@H](C)CC[C@H]21. The molecule has 5 heteroatoms. The van der Waals surface area contributed by atoms with Gasteiger partial charge in [-0.05, 0) is 43.4 Å². The molecule has 3 rings (SSSR count). The van der Waals surface area contributed by atoms with E-state index in [1.54, 1.807) is 12.1 Å². The van der Waals surface area contributed by atoms with Crippen molar-refractivity contribution in [2.75, 3.05) is 0 Å². The van der Waals surface area contributed by atoms with E-state index >= 15 is 0 Å². The van der Waals surface area contributed by atoms with Crippen LogP contribution in [0.5, 0.6) is 0 Å². The topological polar surface area (TPSA) is 75.6 Å². The van der Waals surface area contributed by atoms with Crippen molar-refractivity contribution in [3.05, 3.63) is 35.4 Å². The largest absolute Gasteiger partial charge is 0.478 e. The van der Waals surface area contributed by atoms with Crippen molar-refractivity contribution in [2.45, 2.75) is 71.1 Å². The second kappa shape index (κ2) is 7.63. The maximum absolute atomic E-state index is 12.5. The number of aromatic carboxylic acids is 1. The number of carboxylic acids is 1. The standard InChI is InChI=1S/C22H31NO4/c1-13(2)20(24)23-22(4)12-19(15-6-8-16(9-7-15)21(25)26)27-18-11-14(3)5-10-17(18)22/h6-9,13-14,17-19H,5,10-12H2,1-4H3,(H,23,24)(H,25,26)/t14-,17-,18-,19-,22-/m1/s1. The van der Waals surface area contributed by atoms with E-state index in [9.17, 15) is 9.59 Å². The average molecular weight is 373 g/mol. The number of carbonyl (C=O) groups excluding carboxylic acids is 1. The van der Waals surface area contributed by atoms with Gasteiger partial charge in [0.1, 0.15) is 0 Å². The van der Waals surface area contributed by atoms with Crippen LogP contribution in [0.3, 0.4) is 0 Å². The summed E-state index contributed by atoms with van der Waals surface area (Å²) in [6.07, 6.45) is 3.90. The van der Waals surface area contributed by atoms with Crippen LogP contribution in [0.2, 0.25) is 0 Å². The van der Waals surface area contributed by atoms with Crippen molar-refractivity contribution in [1.29, 1.82) is 0 Å². The first-order valence-electron chi connectivity index (χ1n) is 10.0. The second-order valence-electron chi connectivity index (χ2n) is 8.88. The predicted octanol–water partition coefficient (Wildman–Crippen LogP) is 4.18. The molecule has 5 atom stereocenters. The lowest BCUT2D eigenvalue weighted by atomic mass is 9.66. The van der Waals surface area contributed by atoms with Gasteiger partial charge in [0.15, 0.2) is 0 Å². The number of ether oxygens (including phenoxy) is 1. The van der Waals surface area contributed by atoms with Gasteiger partial charge in [0.25, 0.3) is 0 Å². The molecule has 1 aliphatic heterocycles. The summed E-state index contributed by atoms with van der Waals surface area (Å²) in [4.78, 5) is 23.6. The summed E-state index contributed by atoms with van der Waals surface area (Å²) in [5, 5.41) is 12.5. The molecule has 1 heterocycles.